The predicted molar refractivity (Wildman–Crippen MR) is 124 cm³/mol. The maximum atomic E-state index is 12.9. The van der Waals surface area contributed by atoms with E-state index in [0.29, 0.717) is 6.42 Å². The summed E-state index contributed by atoms with van der Waals surface area (Å²) in [5.74, 6) is 0.237. The molecule has 5 rings (SSSR count). The molecule has 0 saturated carbocycles. The molecule has 3 aliphatic rings. The molecule has 0 fully saturated rings. The molecule has 2 aromatic rings. The van der Waals surface area contributed by atoms with Crippen LogP contribution in [0.3, 0.4) is 0 Å². The number of hydrogen-bond acceptors (Lipinski definition) is 4. The first kappa shape index (κ1) is 20.7. The first-order valence-corrected chi connectivity index (χ1v) is 11.9. The van der Waals surface area contributed by atoms with E-state index in [1.54, 1.807) is 0 Å². The van der Waals surface area contributed by atoms with Gasteiger partial charge in [0.2, 0.25) is 0 Å². The molecule has 162 valence electrons. The Morgan fingerprint density at radius 3 is 2.84 bits per heavy atom. The van der Waals surface area contributed by atoms with Crippen molar-refractivity contribution in [1.29, 1.82) is 0 Å². The highest BCUT2D eigenvalue weighted by Gasteiger charge is 2.33. The minimum atomic E-state index is -0.0519. The van der Waals surface area contributed by atoms with Crippen molar-refractivity contribution >= 4 is 29.4 Å². The van der Waals surface area contributed by atoms with Crippen molar-refractivity contribution in [2.75, 3.05) is 24.5 Å². The van der Waals surface area contributed by atoms with Gasteiger partial charge < -0.3 is 9.69 Å². The summed E-state index contributed by atoms with van der Waals surface area (Å²) in [7, 11) is 0. The lowest BCUT2D eigenvalue weighted by atomic mass is 9.94. The van der Waals surface area contributed by atoms with Crippen LogP contribution in [0, 0.1) is 0 Å². The highest BCUT2D eigenvalue weighted by Crippen LogP contribution is 2.39. The lowest BCUT2D eigenvalue weighted by Crippen LogP contribution is -2.36. The number of nitrogens with zero attached hydrogens (tertiary/aromatic N) is 2. The minimum absolute atomic E-state index is 0.0519. The number of ketones is 1. The summed E-state index contributed by atoms with van der Waals surface area (Å²) in [4.78, 5) is 29.1. The molecule has 2 aromatic carbocycles. The van der Waals surface area contributed by atoms with Gasteiger partial charge in [0.25, 0.3) is 0 Å². The van der Waals surface area contributed by atoms with Crippen LogP contribution in [0.2, 0.25) is 5.02 Å². The van der Waals surface area contributed by atoms with Gasteiger partial charge in [-0.3, -0.25) is 9.69 Å². The van der Waals surface area contributed by atoms with Crippen LogP contribution in [-0.2, 0) is 30.6 Å². The Bertz CT molecular complexity index is 1020. The molecule has 4 nitrogen and oxygen atoms in total. The number of carbonyl (C=O) groups excluding carboxylic acids is 2. The minimum Gasteiger partial charge on any atom is -0.361 e. The van der Waals surface area contributed by atoms with Crippen LogP contribution in [0.15, 0.2) is 30.3 Å². The second kappa shape index (κ2) is 8.76. The molecule has 0 spiro atoms. The summed E-state index contributed by atoms with van der Waals surface area (Å²) < 4.78 is 0. The van der Waals surface area contributed by atoms with Crippen LogP contribution in [-0.4, -0.2) is 42.6 Å². The molecule has 0 aromatic heterocycles. The van der Waals surface area contributed by atoms with Crippen molar-refractivity contribution in [2.45, 2.75) is 57.5 Å². The average molecular weight is 437 g/mol. The molecular formula is C26H29ClN2O2. The lowest BCUT2D eigenvalue weighted by molar-refractivity contribution is -0.108. The highest BCUT2D eigenvalue weighted by molar-refractivity contribution is 6.31. The van der Waals surface area contributed by atoms with E-state index in [9.17, 15) is 9.59 Å². The fourth-order valence-corrected chi connectivity index (χ4v) is 5.84. The monoisotopic (exact) mass is 436 g/mol. The number of fused-ring (bicyclic) bond motifs is 1. The first-order valence-electron chi connectivity index (χ1n) is 11.5. The van der Waals surface area contributed by atoms with Gasteiger partial charge in [-0.1, -0.05) is 23.7 Å². The zero-order chi connectivity index (χ0) is 21.4. The number of aldehydes is 1. The number of carbonyl (C=O) groups is 2. The number of Topliss-reactive ketones (excluding diaryl/α,β-unsaturated/α-hetero) is 1. The van der Waals surface area contributed by atoms with Crippen LogP contribution in [0.5, 0.6) is 0 Å². The molecule has 5 heteroatoms. The van der Waals surface area contributed by atoms with Gasteiger partial charge in [-0.2, -0.15) is 0 Å². The summed E-state index contributed by atoms with van der Waals surface area (Å²) in [6.45, 7) is 3.95. The van der Waals surface area contributed by atoms with Gasteiger partial charge >= 0.3 is 0 Å². The van der Waals surface area contributed by atoms with E-state index in [2.05, 4.69) is 21.9 Å². The molecule has 0 bridgehead atoms. The number of rotatable bonds is 7. The number of aryl methyl sites for hydroxylation is 1. The Balaban J connectivity index is 1.16. The van der Waals surface area contributed by atoms with Gasteiger partial charge in [-0.15, -0.1) is 0 Å². The molecule has 0 aliphatic carbocycles. The largest absolute Gasteiger partial charge is 0.361 e. The molecule has 3 aliphatic heterocycles. The Labute approximate surface area is 189 Å². The van der Waals surface area contributed by atoms with Crippen LogP contribution in [0.4, 0.5) is 5.69 Å². The maximum Gasteiger partial charge on any atom is 0.162 e. The Morgan fingerprint density at radius 1 is 1.10 bits per heavy atom. The van der Waals surface area contributed by atoms with Crippen LogP contribution < -0.4 is 4.90 Å². The Morgan fingerprint density at radius 2 is 1.97 bits per heavy atom. The highest BCUT2D eigenvalue weighted by atomic mass is 35.5. The molecule has 0 saturated heterocycles. The van der Waals surface area contributed by atoms with Crippen LogP contribution in [0.1, 0.15) is 58.3 Å². The van der Waals surface area contributed by atoms with Crippen molar-refractivity contribution in [2.24, 2.45) is 0 Å². The number of anilines is 1. The van der Waals surface area contributed by atoms with Crippen molar-refractivity contribution in [1.82, 2.24) is 4.90 Å². The predicted octanol–water partition coefficient (Wildman–Crippen LogP) is 4.63. The van der Waals surface area contributed by atoms with Gasteiger partial charge in [0.15, 0.2) is 5.78 Å². The second-order valence-electron chi connectivity index (χ2n) is 9.13. The van der Waals surface area contributed by atoms with E-state index in [4.69, 9.17) is 11.6 Å². The third-order valence-electron chi connectivity index (χ3n) is 7.12. The van der Waals surface area contributed by atoms with E-state index < -0.39 is 0 Å². The third-order valence-corrected chi connectivity index (χ3v) is 7.48. The van der Waals surface area contributed by atoms with Gasteiger partial charge in [-0.25, -0.2) is 0 Å². The summed E-state index contributed by atoms with van der Waals surface area (Å²) in [6.07, 6.45) is 7.40. The van der Waals surface area contributed by atoms with Gasteiger partial charge in [0, 0.05) is 48.7 Å². The quantitative estimate of drug-likeness (QED) is 0.360. The van der Waals surface area contributed by atoms with Crippen molar-refractivity contribution < 1.29 is 9.59 Å². The average Bonchev–Trinajstić information content (AvgIpc) is 3.16. The van der Waals surface area contributed by atoms with Gasteiger partial charge in [0.1, 0.15) is 6.29 Å². The molecule has 1 atom stereocenters. The maximum absolute atomic E-state index is 12.9. The van der Waals surface area contributed by atoms with Crippen molar-refractivity contribution in [3.05, 3.63) is 63.2 Å². The zero-order valence-electron chi connectivity index (χ0n) is 17.9. The SMILES string of the molecule is O=CC1Cc2cc(C(=O)CCCCN3CCc4c(Cl)cccc4C3)cc3c2N1CCC3. The van der Waals surface area contributed by atoms with E-state index in [0.717, 1.165) is 81.6 Å². The second-order valence-corrected chi connectivity index (χ2v) is 9.54. The molecule has 0 radical (unpaired) electrons. The Hall–Kier alpha value is -2.17. The van der Waals surface area contributed by atoms with Gasteiger partial charge in [-0.05, 0) is 79.1 Å². The molecule has 1 unspecified atom stereocenters. The summed E-state index contributed by atoms with van der Waals surface area (Å²) >= 11 is 6.32. The fourth-order valence-electron chi connectivity index (χ4n) is 5.55. The van der Waals surface area contributed by atoms with Crippen LogP contribution in [0.25, 0.3) is 0 Å². The summed E-state index contributed by atoms with van der Waals surface area (Å²) in [6, 6.07) is 10.3. The van der Waals surface area contributed by atoms with E-state index in [1.165, 1.54) is 27.9 Å². The number of halogens is 1. The van der Waals surface area contributed by atoms with E-state index >= 15 is 0 Å². The number of unbranched alkanes of at least 4 members (excludes halogenated alkanes) is 1. The van der Waals surface area contributed by atoms with Crippen molar-refractivity contribution in [3.8, 4) is 0 Å². The molecular weight excluding hydrogens is 408 g/mol. The lowest BCUT2D eigenvalue weighted by Gasteiger charge is -2.30. The normalized spacial score (nSPS) is 19.8. The smallest absolute Gasteiger partial charge is 0.162 e. The molecule has 0 amide bonds. The number of benzene rings is 2. The summed E-state index contributed by atoms with van der Waals surface area (Å²) in [5.41, 5.74) is 7.13. The van der Waals surface area contributed by atoms with Gasteiger partial charge in [0.05, 0.1) is 6.04 Å². The molecule has 3 heterocycles. The summed E-state index contributed by atoms with van der Waals surface area (Å²) in [5, 5.41) is 0.888. The molecule has 31 heavy (non-hydrogen) atoms. The van der Waals surface area contributed by atoms with Crippen LogP contribution >= 0.6 is 11.6 Å². The molecule has 0 N–H and O–H groups in total. The first-order chi connectivity index (χ1) is 15.1. The Kier molecular flexibility index (Phi) is 5.85. The topological polar surface area (TPSA) is 40.6 Å². The van der Waals surface area contributed by atoms with E-state index in [-0.39, 0.29) is 11.8 Å². The zero-order valence-corrected chi connectivity index (χ0v) is 18.7. The fraction of sp³-hybridized carbons (Fsp3) is 0.462. The van der Waals surface area contributed by atoms with E-state index in [1.807, 2.05) is 18.2 Å². The van der Waals surface area contributed by atoms with Crippen molar-refractivity contribution in [3.63, 3.8) is 0 Å². The number of hydrogen-bond donors (Lipinski definition) is 0. The standard InChI is InChI=1S/C26H29ClN2O2/c27-24-7-3-5-19-16-28(12-9-23(19)24)10-2-1-8-25(31)20-13-18-6-4-11-29-22(17-30)15-21(14-20)26(18)29/h3,5,7,13-14,17,22H,1-2,4,6,8-12,15-16H2. The third kappa shape index (κ3) is 4.04.